The molecule has 0 spiro atoms. The Morgan fingerprint density at radius 2 is 2.10 bits per heavy atom. The van der Waals surface area contributed by atoms with Crippen LogP contribution in [-0.4, -0.2) is 34.7 Å². The van der Waals surface area contributed by atoms with Gasteiger partial charge in [0.1, 0.15) is 6.04 Å². The molecule has 6 heteroatoms. The number of carbonyl (C=O) groups excluding carboxylic acids is 1. The highest BCUT2D eigenvalue weighted by atomic mass is 79.9. The zero-order chi connectivity index (χ0) is 15.4. The lowest BCUT2D eigenvalue weighted by Gasteiger charge is -2.23. The quantitative estimate of drug-likeness (QED) is 0.898. The third-order valence-electron chi connectivity index (χ3n) is 3.30. The molecule has 21 heavy (non-hydrogen) atoms. The van der Waals surface area contributed by atoms with Crippen LogP contribution in [0.3, 0.4) is 0 Å². The van der Waals surface area contributed by atoms with E-state index in [1.54, 1.807) is 22.8 Å². The monoisotopic (exact) mass is 350 g/mol. The van der Waals surface area contributed by atoms with Crippen LogP contribution >= 0.6 is 15.9 Å². The summed E-state index contributed by atoms with van der Waals surface area (Å²) in [5.41, 5.74) is 1.96. The van der Waals surface area contributed by atoms with Crippen molar-refractivity contribution in [2.24, 2.45) is 7.05 Å². The predicted octanol–water partition coefficient (Wildman–Crippen LogP) is 2.10. The van der Waals surface area contributed by atoms with Crippen LogP contribution < -0.4 is 5.32 Å². The summed E-state index contributed by atoms with van der Waals surface area (Å²) in [6.07, 6.45) is 3.57. The fourth-order valence-corrected chi connectivity index (χ4v) is 2.45. The lowest BCUT2D eigenvalue weighted by molar-refractivity contribution is -0.132. The predicted molar refractivity (Wildman–Crippen MR) is 85.6 cm³/mol. The first-order valence-electron chi connectivity index (χ1n) is 6.66. The van der Waals surface area contributed by atoms with Crippen molar-refractivity contribution in [1.82, 2.24) is 20.0 Å². The van der Waals surface area contributed by atoms with E-state index >= 15 is 0 Å². The first-order valence-corrected chi connectivity index (χ1v) is 7.46. The van der Waals surface area contributed by atoms with Gasteiger partial charge in [-0.25, -0.2) is 0 Å². The van der Waals surface area contributed by atoms with E-state index in [2.05, 4.69) is 26.3 Å². The van der Waals surface area contributed by atoms with Gasteiger partial charge in [0, 0.05) is 36.9 Å². The Labute approximate surface area is 133 Å². The van der Waals surface area contributed by atoms with Gasteiger partial charge in [-0.2, -0.15) is 5.10 Å². The highest BCUT2D eigenvalue weighted by molar-refractivity contribution is 9.10. The standard InChI is InChI=1S/C15H19BrN4O/c1-17-14(12-8-18-20(3)10-12)15(21)19(2)9-11-4-6-13(16)7-5-11/h4-8,10,14,17H,9H2,1-3H3. The minimum absolute atomic E-state index is 0.0217. The van der Waals surface area contributed by atoms with Crippen molar-refractivity contribution in [3.63, 3.8) is 0 Å². The molecule has 1 atom stereocenters. The van der Waals surface area contributed by atoms with Crippen LogP contribution in [0.25, 0.3) is 0 Å². The zero-order valence-corrected chi connectivity index (χ0v) is 14.0. The molecule has 0 saturated heterocycles. The van der Waals surface area contributed by atoms with Crippen LogP contribution in [-0.2, 0) is 18.4 Å². The molecular weight excluding hydrogens is 332 g/mol. The second-order valence-electron chi connectivity index (χ2n) is 4.99. The SMILES string of the molecule is CNC(C(=O)N(C)Cc1ccc(Br)cc1)c1cnn(C)c1. The molecule has 0 fully saturated rings. The van der Waals surface area contributed by atoms with E-state index < -0.39 is 0 Å². The lowest BCUT2D eigenvalue weighted by Crippen LogP contribution is -2.37. The molecule has 1 N–H and O–H groups in total. The molecule has 1 heterocycles. The van der Waals surface area contributed by atoms with Crippen molar-refractivity contribution in [1.29, 1.82) is 0 Å². The number of hydrogen-bond donors (Lipinski definition) is 1. The zero-order valence-electron chi connectivity index (χ0n) is 12.4. The molecule has 0 aliphatic rings. The number of likely N-dealkylation sites (N-methyl/N-ethyl adjacent to an activating group) is 2. The normalized spacial score (nSPS) is 12.2. The van der Waals surface area contributed by atoms with Gasteiger partial charge in [-0.05, 0) is 24.7 Å². The van der Waals surface area contributed by atoms with Gasteiger partial charge < -0.3 is 10.2 Å². The van der Waals surface area contributed by atoms with Crippen LogP contribution in [0, 0.1) is 0 Å². The van der Waals surface area contributed by atoms with Crippen LogP contribution in [0.4, 0.5) is 0 Å². The van der Waals surface area contributed by atoms with E-state index in [9.17, 15) is 4.79 Å². The molecule has 1 unspecified atom stereocenters. The summed E-state index contributed by atoms with van der Waals surface area (Å²) in [4.78, 5) is 14.3. The largest absolute Gasteiger partial charge is 0.340 e. The maximum absolute atomic E-state index is 12.6. The number of carbonyl (C=O) groups is 1. The summed E-state index contributed by atoms with van der Waals surface area (Å²) in [5, 5.41) is 7.18. The van der Waals surface area contributed by atoms with Crippen LogP contribution in [0.15, 0.2) is 41.1 Å². The molecule has 0 bridgehead atoms. The summed E-state index contributed by atoms with van der Waals surface area (Å²) >= 11 is 3.41. The number of halogens is 1. The Morgan fingerprint density at radius 1 is 1.43 bits per heavy atom. The summed E-state index contributed by atoms with van der Waals surface area (Å²) in [6.45, 7) is 0.574. The molecule has 5 nitrogen and oxygen atoms in total. The summed E-state index contributed by atoms with van der Waals surface area (Å²) in [5.74, 6) is 0.0217. The summed E-state index contributed by atoms with van der Waals surface area (Å²) in [7, 11) is 5.43. The molecule has 1 aromatic carbocycles. The highest BCUT2D eigenvalue weighted by Crippen LogP contribution is 2.16. The van der Waals surface area contributed by atoms with Gasteiger partial charge in [0.25, 0.3) is 0 Å². The van der Waals surface area contributed by atoms with E-state index in [-0.39, 0.29) is 11.9 Å². The Hall–Kier alpha value is -1.66. The molecule has 2 aromatic rings. The molecule has 112 valence electrons. The molecular formula is C15H19BrN4O. The van der Waals surface area contributed by atoms with Gasteiger partial charge in [0.15, 0.2) is 0 Å². The second kappa shape index (κ2) is 6.87. The molecule has 1 amide bonds. The van der Waals surface area contributed by atoms with Gasteiger partial charge in [-0.1, -0.05) is 28.1 Å². The van der Waals surface area contributed by atoms with Crippen molar-refractivity contribution in [2.45, 2.75) is 12.6 Å². The van der Waals surface area contributed by atoms with Crippen molar-refractivity contribution in [3.8, 4) is 0 Å². The number of benzene rings is 1. The Bertz CT molecular complexity index is 608. The number of amides is 1. The van der Waals surface area contributed by atoms with E-state index in [1.807, 2.05) is 44.6 Å². The number of nitrogens with zero attached hydrogens (tertiary/aromatic N) is 3. The van der Waals surface area contributed by atoms with Gasteiger partial charge >= 0.3 is 0 Å². The average molecular weight is 351 g/mol. The van der Waals surface area contributed by atoms with Gasteiger partial charge in [-0.3, -0.25) is 9.48 Å². The first-order chi connectivity index (χ1) is 10.0. The number of aromatic nitrogens is 2. The molecule has 1 aromatic heterocycles. The van der Waals surface area contributed by atoms with Crippen LogP contribution in [0.5, 0.6) is 0 Å². The van der Waals surface area contributed by atoms with E-state index in [1.165, 1.54) is 0 Å². The summed E-state index contributed by atoms with van der Waals surface area (Å²) < 4.78 is 2.73. The maximum atomic E-state index is 12.6. The third kappa shape index (κ3) is 3.92. The van der Waals surface area contributed by atoms with Gasteiger partial charge in [0.2, 0.25) is 5.91 Å². The maximum Gasteiger partial charge on any atom is 0.244 e. The molecule has 2 rings (SSSR count). The van der Waals surface area contributed by atoms with Gasteiger partial charge in [0.05, 0.1) is 6.20 Å². The van der Waals surface area contributed by atoms with Crippen molar-refractivity contribution >= 4 is 21.8 Å². The smallest absolute Gasteiger partial charge is 0.244 e. The first kappa shape index (κ1) is 15.7. The molecule has 0 aliphatic carbocycles. The van der Waals surface area contributed by atoms with Gasteiger partial charge in [-0.15, -0.1) is 0 Å². The van der Waals surface area contributed by atoms with E-state index in [0.29, 0.717) is 6.54 Å². The fourth-order valence-electron chi connectivity index (χ4n) is 2.18. The van der Waals surface area contributed by atoms with E-state index in [0.717, 1.165) is 15.6 Å². The van der Waals surface area contributed by atoms with Crippen molar-refractivity contribution < 1.29 is 4.79 Å². The number of aryl methyl sites for hydroxylation is 1. The minimum atomic E-state index is -0.376. The second-order valence-corrected chi connectivity index (χ2v) is 5.91. The fraction of sp³-hybridized carbons (Fsp3) is 0.333. The molecule has 0 saturated carbocycles. The molecule has 0 aliphatic heterocycles. The van der Waals surface area contributed by atoms with Crippen LogP contribution in [0.1, 0.15) is 17.2 Å². The number of hydrogen-bond acceptors (Lipinski definition) is 3. The average Bonchev–Trinajstić information content (AvgIpc) is 2.88. The Balaban J connectivity index is 2.08. The number of rotatable bonds is 5. The Kier molecular flexibility index (Phi) is 5.14. The van der Waals surface area contributed by atoms with E-state index in [4.69, 9.17) is 0 Å². The summed E-state index contributed by atoms with van der Waals surface area (Å²) in [6, 6.07) is 7.59. The Morgan fingerprint density at radius 3 is 2.62 bits per heavy atom. The minimum Gasteiger partial charge on any atom is -0.340 e. The molecule has 0 radical (unpaired) electrons. The lowest BCUT2D eigenvalue weighted by atomic mass is 10.1. The third-order valence-corrected chi connectivity index (χ3v) is 3.83. The van der Waals surface area contributed by atoms with Crippen molar-refractivity contribution in [3.05, 3.63) is 52.3 Å². The highest BCUT2D eigenvalue weighted by Gasteiger charge is 2.23. The topological polar surface area (TPSA) is 50.2 Å². The van der Waals surface area contributed by atoms with Crippen molar-refractivity contribution in [2.75, 3.05) is 14.1 Å². The van der Waals surface area contributed by atoms with Crippen LogP contribution in [0.2, 0.25) is 0 Å². The number of nitrogens with one attached hydrogen (secondary N) is 1.